The van der Waals surface area contributed by atoms with Gasteiger partial charge in [-0.15, -0.1) is 0 Å². The summed E-state index contributed by atoms with van der Waals surface area (Å²) >= 11 is 0. The first kappa shape index (κ1) is 17.3. The molecule has 1 aliphatic carbocycles. The van der Waals surface area contributed by atoms with Gasteiger partial charge in [0, 0.05) is 23.7 Å². The Morgan fingerprint density at radius 2 is 2.23 bits per heavy atom. The Morgan fingerprint density at radius 1 is 1.42 bits per heavy atom. The smallest absolute Gasteiger partial charge is 0.385 e. The molecule has 3 aromatic rings. The summed E-state index contributed by atoms with van der Waals surface area (Å²) in [5.41, 5.74) is 2.27. The minimum absolute atomic E-state index is 0.0177. The number of nitrogens with zero attached hydrogens (tertiary/aromatic N) is 3. The lowest BCUT2D eigenvalue weighted by Crippen LogP contribution is -2.35. The highest BCUT2D eigenvalue weighted by Crippen LogP contribution is 2.37. The number of aliphatic hydroxyl groups excluding tert-OH is 1. The number of H-pyrrole nitrogens is 1. The first-order valence-corrected chi connectivity index (χ1v) is 8.65. The Labute approximate surface area is 147 Å². The number of aromatic amines is 1. The van der Waals surface area contributed by atoms with Crippen molar-refractivity contribution in [1.82, 2.24) is 24.8 Å². The monoisotopic (exact) mass is 367 g/mol. The lowest BCUT2D eigenvalue weighted by molar-refractivity contribution is -0.126. The van der Waals surface area contributed by atoms with Crippen molar-refractivity contribution in [1.29, 1.82) is 0 Å². The maximum Gasteiger partial charge on any atom is 0.401 e. The van der Waals surface area contributed by atoms with Crippen LogP contribution in [0.5, 0.6) is 0 Å². The molecule has 0 radical (unpaired) electrons. The summed E-state index contributed by atoms with van der Waals surface area (Å²) in [7, 11) is 0. The van der Waals surface area contributed by atoms with Crippen LogP contribution < -0.4 is 5.32 Å². The van der Waals surface area contributed by atoms with Crippen LogP contribution in [-0.4, -0.2) is 43.4 Å². The van der Waals surface area contributed by atoms with Crippen molar-refractivity contribution in [2.24, 2.45) is 0 Å². The van der Waals surface area contributed by atoms with Crippen LogP contribution in [0, 0.1) is 0 Å². The number of hydrogen-bond acceptors (Lipinski definition) is 4. The van der Waals surface area contributed by atoms with Crippen LogP contribution in [-0.2, 0) is 0 Å². The number of imidazole rings is 1. The molecule has 0 spiro atoms. The van der Waals surface area contributed by atoms with Crippen LogP contribution in [0.1, 0.15) is 44.2 Å². The van der Waals surface area contributed by atoms with Crippen molar-refractivity contribution in [3.63, 3.8) is 0 Å². The van der Waals surface area contributed by atoms with Crippen LogP contribution in [0.2, 0.25) is 0 Å². The van der Waals surface area contributed by atoms with E-state index < -0.39 is 18.8 Å². The summed E-state index contributed by atoms with van der Waals surface area (Å²) < 4.78 is 39.4. The molecular weight excluding hydrogens is 347 g/mol. The number of nitrogens with one attached hydrogen (secondary N) is 2. The molecule has 1 saturated carbocycles. The van der Waals surface area contributed by atoms with Crippen LogP contribution in [0.25, 0.3) is 22.1 Å². The molecule has 0 unspecified atom stereocenters. The molecule has 6 nitrogen and oxygen atoms in total. The summed E-state index contributed by atoms with van der Waals surface area (Å²) in [6.07, 6.45) is 0.404. The van der Waals surface area contributed by atoms with E-state index in [4.69, 9.17) is 0 Å². The number of alkyl halides is 3. The highest BCUT2D eigenvalue weighted by molar-refractivity contribution is 6.01. The minimum atomic E-state index is -4.21. The Morgan fingerprint density at radius 3 is 2.96 bits per heavy atom. The molecule has 9 heteroatoms. The zero-order chi connectivity index (χ0) is 18.5. The standard InChI is InChI=1S/C17H20F3N5O/c1-9(26)16-24-13-7-22-15-12(4-5-21-15)14(13)25(16)11-3-2-10(6-11)23-8-17(18,19)20/h4-5,7,9-11,23,26H,2-3,6,8H2,1H3,(H,21,22)/t9-,10+,11+/m1/s1. The third-order valence-electron chi connectivity index (χ3n) is 5.00. The van der Waals surface area contributed by atoms with Gasteiger partial charge >= 0.3 is 6.18 Å². The molecule has 0 saturated heterocycles. The second kappa shape index (κ2) is 6.24. The largest absolute Gasteiger partial charge is 0.401 e. The van der Waals surface area contributed by atoms with Crippen molar-refractivity contribution >= 4 is 22.1 Å². The SMILES string of the molecule is C[C@@H](O)c1nc2cnc3[nH]ccc3c2n1[C@H]1CC[C@H](NCC(F)(F)F)C1. The zero-order valence-corrected chi connectivity index (χ0v) is 14.2. The van der Waals surface area contributed by atoms with E-state index in [0.29, 0.717) is 24.2 Å². The molecule has 140 valence electrons. The molecule has 0 amide bonds. The summed E-state index contributed by atoms with van der Waals surface area (Å²) in [4.78, 5) is 11.9. The fourth-order valence-electron chi connectivity index (χ4n) is 3.91. The fraction of sp³-hybridized carbons (Fsp3) is 0.529. The van der Waals surface area contributed by atoms with Gasteiger partial charge in [0.1, 0.15) is 23.1 Å². The van der Waals surface area contributed by atoms with E-state index in [-0.39, 0.29) is 12.1 Å². The van der Waals surface area contributed by atoms with Crippen LogP contribution >= 0.6 is 0 Å². The molecule has 1 fully saturated rings. The average Bonchev–Trinajstić information content (AvgIpc) is 3.28. The van der Waals surface area contributed by atoms with Crippen molar-refractivity contribution < 1.29 is 18.3 Å². The zero-order valence-electron chi connectivity index (χ0n) is 14.2. The van der Waals surface area contributed by atoms with E-state index in [1.165, 1.54) is 0 Å². The molecular formula is C17H20F3N5O. The van der Waals surface area contributed by atoms with Gasteiger partial charge in [-0.3, -0.25) is 0 Å². The molecule has 0 aromatic carbocycles. The van der Waals surface area contributed by atoms with Gasteiger partial charge in [-0.1, -0.05) is 0 Å². The number of hydrogen-bond donors (Lipinski definition) is 3. The summed E-state index contributed by atoms with van der Waals surface area (Å²) in [6, 6.07) is 1.68. The molecule has 26 heavy (non-hydrogen) atoms. The predicted octanol–water partition coefficient (Wildman–Crippen LogP) is 3.21. The van der Waals surface area contributed by atoms with Gasteiger partial charge in [0.2, 0.25) is 0 Å². The van der Waals surface area contributed by atoms with Gasteiger partial charge in [0.25, 0.3) is 0 Å². The highest BCUT2D eigenvalue weighted by Gasteiger charge is 2.33. The van der Waals surface area contributed by atoms with Crippen LogP contribution in [0.4, 0.5) is 13.2 Å². The van der Waals surface area contributed by atoms with E-state index in [1.54, 1.807) is 19.3 Å². The van der Waals surface area contributed by atoms with Crippen LogP contribution in [0.3, 0.4) is 0 Å². The van der Waals surface area contributed by atoms with E-state index >= 15 is 0 Å². The molecule has 3 heterocycles. The molecule has 0 aliphatic heterocycles. The highest BCUT2D eigenvalue weighted by atomic mass is 19.4. The summed E-state index contributed by atoms with van der Waals surface area (Å²) in [6.45, 7) is 0.665. The first-order chi connectivity index (χ1) is 12.3. The molecule has 3 aromatic heterocycles. The Balaban J connectivity index is 1.71. The van der Waals surface area contributed by atoms with Crippen molar-refractivity contribution in [2.45, 2.75) is 50.6 Å². The van der Waals surface area contributed by atoms with Gasteiger partial charge in [-0.25, -0.2) is 9.97 Å². The topological polar surface area (TPSA) is 78.8 Å². The normalized spacial score (nSPS) is 22.5. The second-order valence-corrected chi connectivity index (χ2v) is 6.91. The maximum absolute atomic E-state index is 12.5. The van der Waals surface area contributed by atoms with E-state index in [1.807, 2.05) is 10.6 Å². The second-order valence-electron chi connectivity index (χ2n) is 6.91. The van der Waals surface area contributed by atoms with Crippen molar-refractivity contribution in [3.8, 4) is 0 Å². The predicted molar refractivity (Wildman–Crippen MR) is 90.8 cm³/mol. The van der Waals surface area contributed by atoms with Crippen molar-refractivity contribution in [2.75, 3.05) is 6.54 Å². The third kappa shape index (κ3) is 3.05. The lowest BCUT2D eigenvalue weighted by atomic mass is 10.2. The maximum atomic E-state index is 12.5. The van der Waals surface area contributed by atoms with E-state index in [2.05, 4.69) is 20.3 Å². The number of pyridine rings is 1. The fourth-order valence-corrected chi connectivity index (χ4v) is 3.91. The summed E-state index contributed by atoms with van der Waals surface area (Å²) in [5, 5.41) is 13.7. The van der Waals surface area contributed by atoms with Crippen molar-refractivity contribution in [3.05, 3.63) is 24.3 Å². The van der Waals surface area contributed by atoms with Crippen LogP contribution in [0.15, 0.2) is 18.5 Å². The molecule has 0 bridgehead atoms. The number of halogens is 3. The van der Waals surface area contributed by atoms with Gasteiger partial charge < -0.3 is 20.0 Å². The van der Waals surface area contributed by atoms with E-state index in [9.17, 15) is 18.3 Å². The van der Waals surface area contributed by atoms with Gasteiger partial charge in [-0.2, -0.15) is 13.2 Å². The molecule has 1 aliphatic rings. The number of rotatable bonds is 4. The molecule has 4 rings (SSSR count). The summed E-state index contributed by atoms with van der Waals surface area (Å²) in [5.74, 6) is 0.525. The number of fused-ring (bicyclic) bond motifs is 3. The van der Waals surface area contributed by atoms with Gasteiger partial charge in [0.15, 0.2) is 0 Å². The number of aliphatic hydroxyl groups is 1. The van der Waals surface area contributed by atoms with Gasteiger partial charge in [0.05, 0.1) is 18.3 Å². The quantitative estimate of drug-likeness (QED) is 0.662. The molecule has 3 atom stereocenters. The van der Waals surface area contributed by atoms with Gasteiger partial charge in [-0.05, 0) is 32.3 Å². The Kier molecular flexibility index (Phi) is 4.15. The lowest BCUT2D eigenvalue weighted by Gasteiger charge is -2.19. The third-order valence-corrected chi connectivity index (χ3v) is 5.00. The minimum Gasteiger partial charge on any atom is -0.385 e. The average molecular weight is 367 g/mol. The Bertz CT molecular complexity index is 930. The molecule has 3 N–H and O–H groups in total. The van der Waals surface area contributed by atoms with E-state index in [0.717, 1.165) is 23.0 Å². The number of aromatic nitrogens is 4. The first-order valence-electron chi connectivity index (χ1n) is 8.65. The Hall–Kier alpha value is -2.13.